The Hall–Kier alpha value is -1.66. The number of aromatic nitrogens is 1. The summed E-state index contributed by atoms with van der Waals surface area (Å²) in [6.07, 6.45) is 1.58. The quantitative estimate of drug-likeness (QED) is 0.846. The van der Waals surface area contributed by atoms with Crippen LogP contribution in [0.15, 0.2) is 39.8 Å². The van der Waals surface area contributed by atoms with Gasteiger partial charge in [0.2, 0.25) is 10.0 Å². The van der Waals surface area contributed by atoms with Gasteiger partial charge in [-0.05, 0) is 42.9 Å². The molecule has 0 bridgehead atoms. The Morgan fingerprint density at radius 1 is 1.21 bits per heavy atom. The summed E-state index contributed by atoms with van der Waals surface area (Å²) in [5.74, 6) is 0.625. The van der Waals surface area contributed by atoms with Crippen molar-refractivity contribution in [2.75, 3.05) is 6.54 Å². The van der Waals surface area contributed by atoms with Gasteiger partial charge in [0.1, 0.15) is 0 Å². The molecule has 2 heterocycles. The monoisotopic (exact) mass is 348 g/mol. The van der Waals surface area contributed by atoms with Crippen LogP contribution in [0.5, 0.6) is 0 Å². The minimum Gasteiger partial charge on any atom is -0.359 e. The summed E-state index contributed by atoms with van der Waals surface area (Å²) in [5, 5.41) is 3.89. The highest BCUT2D eigenvalue weighted by Crippen LogP contribution is 2.37. The molecule has 0 amide bonds. The van der Waals surface area contributed by atoms with Crippen LogP contribution in [-0.2, 0) is 15.4 Å². The lowest BCUT2D eigenvalue weighted by molar-refractivity contribution is 0.297. The smallest absolute Gasteiger partial charge is 0.243 e. The van der Waals surface area contributed by atoms with Crippen molar-refractivity contribution in [3.05, 3.63) is 47.3 Å². The van der Waals surface area contributed by atoms with Gasteiger partial charge in [-0.15, -0.1) is 0 Å². The van der Waals surface area contributed by atoms with Crippen LogP contribution in [0, 0.1) is 6.92 Å². The molecule has 1 aliphatic heterocycles. The van der Waals surface area contributed by atoms with Crippen molar-refractivity contribution in [2.24, 2.45) is 0 Å². The lowest BCUT2D eigenvalue weighted by Gasteiger charge is -2.23. The van der Waals surface area contributed by atoms with E-state index in [1.54, 1.807) is 16.4 Å². The first-order valence-corrected chi connectivity index (χ1v) is 9.69. The molecule has 130 valence electrons. The Morgan fingerprint density at radius 2 is 1.88 bits per heavy atom. The summed E-state index contributed by atoms with van der Waals surface area (Å²) in [4.78, 5) is 0.332. The van der Waals surface area contributed by atoms with Gasteiger partial charge in [0.05, 0.1) is 16.6 Å². The van der Waals surface area contributed by atoms with Crippen LogP contribution in [0.1, 0.15) is 56.7 Å². The van der Waals surface area contributed by atoms with E-state index in [4.69, 9.17) is 4.52 Å². The molecule has 5 nitrogen and oxygen atoms in total. The molecule has 0 aliphatic carbocycles. The molecule has 2 aromatic rings. The molecule has 0 spiro atoms. The van der Waals surface area contributed by atoms with Crippen LogP contribution in [-0.4, -0.2) is 24.4 Å². The predicted molar refractivity (Wildman–Crippen MR) is 92.2 cm³/mol. The highest BCUT2D eigenvalue weighted by molar-refractivity contribution is 7.89. The third-order valence-electron chi connectivity index (χ3n) is 4.51. The molecule has 1 saturated heterocycles. The number of sulfonamides is 1. The van der Waals surface area contributed by atoms with E-state index in [-0.39, 0.29) is 11.5 Å². The first kappa shape index (κ1) is 17.2. The fraction of sp³-hybridized carbons (Fsp3) is 0.500. The van der Waals surface area contributed by atoms with Gasteiger partial charge in [0.25, 0.3) is 0 Å². The summed E-state index contributed by atoms with van der Waals surface area (Å²) < 4.78 is 33.0. The molecule has 0 saturated carbocycles. The Kier molecular flexibility index (Phi) is 4.30. The fourth-order valence-corrected chi connectivity index (χ4v) is 4.78. The molecule has 1 atom stereocenters. The van der Waals surface area contributed by atoms with Crippen molar-refractivity contribution in [1.29, 1.82) is 0 Å². The molecule has 0 N–H and O–H groups in total. The number of hydrogen-bond donors (Lipinski definition) is 0. The zero-order valence-electron chi connectivity index (χ0n) is 14.6. The number of nitrogens with zero attached hydrogens (tertiary/aromatic N) is 2. The molecule has 6 heteroatoms. The number of benzene rings is 1. The summed E-state index contributed by atoms with van der Waals surface area (Å²) in [5.41, 5.74) is 1.88. The Bertz CT molecular complexity index is 817. The van der Waals surface area contributed by atoms with E-state index in [0.29, 0.717) is 17.2 Å². The van der Waals surface area contributed by atoms with Crippen LogP contribution >= 0.6 is 0 Å². The molecule has 1 aromatic carbocycles. The third-order valence-corrected chi connectivity index (χ3v) is 6.43. The van der Waals surface area contributed by atoms with E-state index < -0.39 is 10.0 Å². The van der Waals surface area contributed by atoms with Gasteiger partial charge in [-0.25, -0.2) is 8.42 Å². The Labute approximate surface area is 143 Å². The van der Waals surface area contributed by atoms with Crippen molar-refractivity contribution in [1.82, 2.24) is 9.46 Å². The van der Waals surface area contributed by atoms with Crippen molar-refractivity contribution in [2.45, 2.75) is 56.9 Å². The third kappa shape index (κ3) is 3.13. The maximum atomic E-state index is 13.0. The predicted octanol–water partition coefficient (Wildman–Crippen LogP) is 3.81. The van der Waals surface area contributed by atoms with Crippen LogP contribution in [0.3, 0.4) is 0 Å². The Morgan fingerprint density at radius 3 is 2.42 bits per heavy atom. The van der Waals surface area contributed by atoms with E-state index in [0.717, 1.165) is 24.1 Å². The minimum absolute atomic E-state index is 0.00413. The van der Waals surface area contributed by atoms with E-state index >= 15 is 0 Å². The molecule has 1 fully saturated rings. The van der Waals surface area contributed by atoms with E-state index in [9.17, 15) is 8.42 Å². The van der Waals surface area contributed by atoms with E-state index in [1.807, 2.05) is 25.1 Å². The summed E-state index contributed by atoms with van der Waals surface area (Å²) >= 11 is 0. The maximum Gasteiger partial charge on any atom is 0.243 e. The van der Waals surface area contributed by atoms with Crippen LogP contribution in [0.4, 0.5) is 0 Å². The summed E-state index contributed by atoms with van der Waals surface area (Å²) in [7, 11) is -3.54. The van der Waals surface area contributed by atoms with Crippen molar-refractivity contribution in [3.8, 4) is 0 Å². The average Bonchev–Trinajstić information content (AvgIpc) is 3.15. The molecular weight excluding hydrogens is 324 g/mol. The molecule has 1 aliphatic rings. The normalized spacial score (nSPS) is 19.8. The van der Waals surface area contributed by atoms with E-state index in [2.05, 4.69) is 25.9 Å². The fourth-order valence-electron chi connectivity index (χ4n) is 3.11. The van der Waals surface area contributed by atoms with Crippen LogP contribution in [0.2, 0.25) is 0 Å². The first-order chi connectivity index (χ1) is 11.2. The maximum absolute atomic E-state index is 13.0. The van der Waals surface area contributed by atoms with Crippen molar-refractivity contribution >= 4 is 10.0 Å². The largest absolute Gasteiger partial charge is 0.359 e. The molecule has 0 unspecified atom stereocenters. The summed E-state index contributed by atoms with van der Waals surface area (Å²) in [6.45, 7) is 8.68. The number of rotatable bonds is 3. The van der Waals surface area contributed by atoms with E-state index in [1.165, 1.54) is 0 Å². The lowest BCUT2D eigenvalue weighted by Crippen LogP contribution is -2.30. The highest BCUT2D eigenvalue weighted by atomic mass is 32.2. The standard InChI is InChI=1S/C18H24N2O3S/c1-13-12-17(23-19-13)16-6-5-11-20(16)24(21,22)15-9-7-14(8-10-15)18(2,3)4/h7-10,12,16H,5-6,11H2,1-4H3/t16-/m1/s1. The SMILES string of the molecule is Cc1cc([C@H]2CCCN2S(=O)(=O)c2ccc(C(C)(C)C)cc2)on1. The second-order valence-electron chi connectivity index (χ2n) is 7.42. The van der Waals surface area contributed by atoms with Gasteiger partial charge in [-0.1, -0.05) is 38.1 Å². The minimum atomic E-state index is -3.54. The van der Waals surface area contributed by atoms with Gasteiger partial charge >= 0.3 is 0 Å². The van der Waals surface area contributed by atoms with Gasteiger partial charge in [-0.3, -0.25) is 0 Å². The number of hydrogen-bond acceptors (Lipinski definition) is 4. The van der Waals surface area contributed by atoms with Gasteiger partial charge in [0, 0.05) is 12.6 Å². The molecule has 3 rings (SSSR count). The second kappa shape index (κ2) is 6.01. The Balaban J connectivity index is 1.92. The molecular formula is C18H24N2O3S. The zero-order valence-corrected chi connectivity index (χ0v) is 15.4. The first-order valence-electron chi connectivity index (χ1n) is 8.25. The molecule has 24 heavy (non-hydrogen) atoms. The highest BCUT2D eigenvalue weighted by Gasteiger charge is 2.38. The topological polar surface area (TPSA) is 63.4 Å². The van der Waals surface area contributed by atoms with Gasteiger partial charge in [-0.2, -0.15) is 4.31 Å². The van der Waals surface area contributed by atoms with Gasteiger partial charge in [0.15, 0.2) is 5.76 Å². The zero-order chi connectivity index (χ0) is 17.5. The van der Waals surface area contributed by atoms with Crippen LogP contribution in [0.25, 0.3) is 0 Å². The number of aryl methyl sites for hydroxylation is 1. The van der Waals surface area contributed by atoms with Crippen molar-refractivity contribution < 1.29 is 12.9 Å². The van der Waals surface area contributed by atoms with Crippen molar-refractivity contribution in [3.63, 3.8) is 0 Å². The lowest BCUT2D eigenvalue weighted by atomic mass is 9.87. The van der Waals surface area contributed by atoms with Gasteiger partial charge < -0.3 is 4.52 Å². The molecule has 0 radical (unpaired) electrons. The average molecular weight is 348 g/mol. The van der Waals surface area contributed by atoms with Crippen LogP contribution < -0.4 is 0 Å². The second-order valence-corrected chi connectivity index (χ2v) is 9.31. The summed E-state index contributed by atoms with van der Waals surface area (Å²) in [6, 6.07) is 8.76. The molecule has 1 aromatic heterocycles.